The van der Waals surface area contributed by atoms with E-state index in [9.17, 15) is 9.59 Å². The highest BCUT2D eigenvalue weighted by Gasteiger charge is 2.27. The number of nitrogens with zero attached hydrogens (tertiary/aromatic N) is 2. The van der Waals surface area contributed by atoms with Crippen LogP contribution < -0.4 is 10.1 Å². The van der Waals surface area contributed by atoms with Crippen LogP contribution in [0.4, 0.5) is 0 Å². The highest BCUT2D eigenvalue weighted by Crippen LogP contribution is 2.17. The zero-order valence-corrected chi connectivity index (χ0v) is 11.8. The van der Waals surface area contributed by atoms with Gasteiger partial charge < -0.3 is 15.0 Å². The highest BCUT2D eigenvalue weighted by atomic mass is 16.5. The second-order valence-corrected chi connectivity index (χ2v) is 4.80. The van der Waals surface area contributed by atoms with Crippen LogP contribution in [0.5, 0.6) is 5.75 Å². The Kier molecular flexibility index (Phi) is 5.31. The Hall–Kier alpha value is -2.37. The molecular formula is C15H19N3O3. The van der Waals surface area contributed by atoms with E-state index in [-0.39, 0.29) is 17.9 Å². The maximum atomic E-state index is 12.0. The van der Waals surface area contributed by atoms with Crippen molar-refractivity contribution in [2.75, 3.05) is 19.6 Å². The standard InChI is InChI=1S/C15H19N3O3/c1-2-14(19)17-9-5-15(20)18-10-6-13(11-18)21-12-3-7-16-8-4-12/h2-4,7-8,13H,1,5-6,9-11H2,(H,17,19)/t13-/m1/s1. The van der Waals surface area contributed by atoms with Crippen LogP contribution in [0, 0.1) is 0 Å². The predicted octanol–water partition coefficient (Wildman–Crippen LogP) is 0.754. The Labute approximate surface area is 123 Å². The molecule has 1 atom stereocenters. The van der Waals surface area contributed by atoms with Crippen molar-refractivity contribution in [1.82, 2.24) is 15.2 Å². The molecule has 0 bridgehead atoms. The van der Waals surface area contributed by atoms with Gasteiger partial charge in [-0.1, -0.05) is 6.58 Å². The topological polar surface area (TPSA) is 71.5 Å². The SMILES string of the molecule is C=CC(=O)NCCC(=O)N1CC[C@@H](Oc2ccncc2)C1. The first-order valence-corrected chi connectivity index (χ1v) is 6.94. The van der Waals surface area contributed by atoms with Crippen molar-refractivity contribution in [3.8, 4) is 5.75 Å². The molecule has 0 radical (unpaired) electrons. The van der Waals surface area contributed by atoms with E-state index in [1.165, 1.54) is 6.08 Å². The molecule has 21 heavy (non-hydrogen) atoms. The van der Waals surface area contributed by atoms with Gasteiger partial charge in [-0.3, -0.25) is 14.6 Å². The maximum absolute atomic E-state index is 12.0. The lowest BCUT2D eigenvalue weighted by Gasteiger charge is -2.17. The monoisotopic (exact) mass is 289 g/mol. The number of hydrogen-bond acceptors (Lipinski definition) is 4. The lowest BCUT2D eigenvalue weighted by molar-refractivity contribution is -0.130. The van der Waals surface area contributed by atoms with Gasteiger partial charge in [-0.2, -0.15) is 0 Å². The van der Waals surface area contributed by atoms with Crippen LogP contribution in [0.3, 0.4) is 0 Å². The van der Waals surface area contributed by atoms with Crippen LogP contribution in [0.2, 0.25) is 0 Å². The van der Waals surface area contributed by atoms with E-state index in [0.717, 1.165) is 12.2 Å². The number of carbonyl (C=O) groups excluding carboxylic acids is 2. The average Bonchev–Trinajstić information content (AvgIpc) is 2.96. The first-order chi connectivity index (χ1) is 10.2. The van der Waals surface area contributed by atoms with Gasteiger partial charge in [0.25, 0.3) is 0 Å². The molecule has 0 aromatic carbocycles. The molecule has 6 heteroatoms. The molecule has 1 aromatic rings. The van der Waals surface area contributed by atoms with Crippen molar-refractivity contribution in [1.29, 1.82) is 0 Å². The zero-order chi connectivity index (χ0) is 15.1. The molecular weight excluding hydrogens is 270 g/mol. The molecule has 1 N–H and O–H groups in total. The van der Waals surface area contributed by atoms with Gasteiger partial charge in [0.2, 0.25) is 11.8 Å². The summed E-state index contributed by atoms with van der Waals surface area (Å²) in [5.74, 6) is 0.533. The number of nitrogens with one attached hydrogen (secondary N) is 1. The van der Waals surface area contributed by atoms with E-state index in [1.807, 2.05) is 0 Å². The third-order valence-electron chi connectivity index (χ3n) is 3.27. The minimum absolute atomic E-state index is 0.0131. The fraction of sp³-hybridized carbons (Fsp3) is 0.400. The van der Waals surface area contributed by atoms with Gasteiger partial charge in [-0.15, -0.1) is 0 Å². The van der Waals surface area contributed by atoms with E-state index in [1.54, 1.807) is 29.4 Å². The van der Waals surface area contributed by atoms with Gasteiger partial charge in [0.05, 0.1) is 6.54 Å². The smallest absolute Gasteiger partial charge is 0.243 e. The molecule has 0 unspecified atom stereocenters. The number of aromatic nitrogens is 1. The Morgan fingerprint density at radius 3 is 2.95 bits per heavy atom. The second-order valence-electron chi connectivity index (χ2n) is 4.80. The van der Waals surface area contributed by atoms with E-state index >= 15 is 0 Å². The molecule has 0 saturated carbocycles. The van der Waals surface area contributed by atoms with E-state index in [2.05, 4.69) is 16.9 Å². The molecule has 6 nitrogen and oxygen atoms in total. The molecule has 0 spiro atoms. The van der Waals surface area contributed by atoms with Crippen LogP contribution in [0.25, 0.3) is 0 Å². The molecule has 1 fully saturated rings. The molecule has 112 valence electrons. The molecule has 1 aromatic heterocycles. The van der Waals surface area contributed by atoms with Crippen molar-refractivity contribution >= 4 is 11.8 Å². The van der Waals surface area contributed by atoms with Gasteiger partial charge in [-0.05, 0) is 18.2 Å². The number of carbonyl (C=O) groups is 2. The summed E-state index contributed by atoms with van der Waals surface area (Å²) >= 11 is 0. The fourth-order valence-electron chi connectivity index (χ4n) is 2.18. The maximum Gasteiger partial charge on any atom is 0.243 e. The number of ether oxygens (including phenoxy) is 1. The minimum Gasteiger partial charge on any atom is -0.488 e. The number of hydrogen-bond donors (Lipinski definition) is 1. The fourth-order valence-corrected chi connectivity index (χ4v) is 2.18. The molecule has 1 aliphatic rings. The summed E-state index contributed by atoms with van der Waals surface area (Å²) < 4.78 is 5.80. The molecule has 2 amide bonds. The summed E-state index contributed by atoms with van der Waals surface area (Å²) in [5.41, 5.74) is 0. The lowest BCUT2D eigenvalue weighted by Crippen LogP contribution is -2.34. The number of likely N-dealkylation sites (tertiary alicyclic amines) is 1. The normalized spacial score (nSPS) is 17.3. The quantitative estimate of drug-likeness (QED) is 0.785. The number of pyridine rings is 1. The van der Waals surface area contributed by atoms with E-state index in [4.69, 9.17) is 4.74 Å². The zero-order valence-electron chi connectivity index (χ0n) is 11.8. The molecule has 1 saturated heterocycles. The van der Waals surface area contributed by atoms with Gasteiger partial charge in [-0.25, -0.2) is 0 Å². The third-order valence-corrected chi connectivity index (χ3v) is 3.27. The van der Waals surface area contributed by atoms with Crippen molar-refractivity contribution < 1.29 is 14.3 Å². The van der Waals surface area contributed by atoms with Gasteiger partial charge in [0, 0.05) is 38.3 Å². The highest BCUT2D eigenvalue weighted by molar-refractivity contribution is 5.87. The largest absolute Gasteiger partial charge is 0.488 e. The molecule has 2 heterocycles. The minimum atomic E-state index is -0.261. The first kappa shape index (κ1) is 15.0. The summed E-state index contributed by atoms with van der Waals surface area (Å²) in [6, 6.07) is 3.60. The average molecular weight is 289 g/mol. The van der Waals surface area contributed by atoms with Crippen LogP contribution in [0.15, 0.2) is 37.2 Å². The number of rotatable bonds is 6. The van der Waals surface area contributed by atoms with Crippen LogP contribution >= 0.6 is 0 Å². The van der Waals surface area contributed by atoms with Gasteiger partial charge in [0.15, 0.2) is 0 Å². The Morgan fingerprint density at radius 2 is 2.24 bits per heavy atom. The van der Waals surface area contributed by atoms with E-state index in [0.29, 0.717) is 26.1 Å². The predicted molar refractivity (Wildman–Crippen MR) is 77.7 cm³/mol. The Balaban J connectivity index is 1.73. The van der Waals surface area contributed by atoms with Crippen molar-refractivity contribution in [2.45, 2.75) is 18.9 Å². The van der Waals surface area contributed by atoms with E-state index < -0.39 is 0 Å². The lowest BCUT2D eigenvalue weighted by atomic mass is 10.3. The summed E-state index contributed by atoms with van der Waals surface area (Å²) in [6.45, 7) is 4.95. The van der Waals surface area contributed by atoms with Crippen molar-refractivity contribution in [2.24, 2.45) is 0 Å². The third kappa shape index (κ3) is 4.59. The van der Waals surface area contributed by atoms with Crippen molar-refractivity contribution in [3.63, 3.8) is 0 Å². The second kappa shape index (κ2) is 7.42. The summed E-state index contributed by atoms with van der Waals surface area (Å²) in [4.78, 5) is 28.7. The van der Waals surface area contributed by atoms with Gasteiger partial charge in [0.1, 0.15) is 11.9 Å². The number of amides is 2. The van der Waals surface area contributed by atoms with Crippen LogP contribution in [0.1, 0.15) is 12.8 Å². The Bertz CT molecular complexity index is 504. The molecule has 0 aliphatic carbocycles. The summed E-state index contributed by atoms with van der Waals surface area (Å²) in [7, 11) is 0. The first-order valence-electron chi connectivity index (χ1n) is 6.94. The Morgan fingerprint density at radius 1 is 1.48 bits per heavy atom. The van der Waals surface area contributed by atoms with Crippen molar-refractivity contribution in [3.05, 3.63) is 37.2 Å². The molecule has 1 aliphatic heterocycles. The van der Waals surface area contributed by atoms with Crippen LogP contribution in [-0.2, 0) is 9.59 Å². The van der Waals surface area contributed by atoms with Crippen LogP contribution in [-0.4, -0.2) is 47.4 Å². The summed E-state index contributed by atoms with van der Waals surface area (Å²) in [5, 5.41) is 2.60. The van der Waals surface area contributed by atoms with Gasteiger partial charge >= 0.3 is 0 Å². The summed E-state index contributed by atoms with van der Waals surface area (Å²) in [6.07, 6.45) is 5.66. The molecule has 2 rings (SSSR count).